The van der Waals surface area contributed by atoms with Crippen LogP contribution < -0.4 is 5.32 Å². The Morgan fingerprint density at radius 3 is 2.39 bits per heavy atom. The Bertz CT molecular complexity index is 572. The SMILES string of the molecule is Fc1ccc(NCc2ccc(F)c(F)c2)c(I)c1. The van der Waals surface area contributed by atoms with Gasteiger partial charge in [-0.25, -0.2) is 13.2 Å². The van der Waals surface area contributed by atoms with Gasteiger partial charge in [-0.1, -0.05) is 6.07 Å². The van der Waals surface area contributed by atoms with Gasteiger partial charge < -0.3 is 5.32 Å². The van der Waals surface area contributed by atoms with E-state index in [0.717, 1.165) is 21.4 Å². The number of rotatable bonds is 3. The normalized spacial score (nSPS) is 10.4. The van der Waals surface area contributed by atoms with E-state index >= 15 is 0 Å². The van der Waals surface area contributed by atoms with Crippen LogP contribution in [0.4, 0.5) is 18.9 Å². The van der Waals surface area contributed by atoms with Crippen LogP contribution in [-0.2, 0) is 6.54 Å². The lowest BCUT2D eigenvalue weighted by Gasteiger charge is -2.09. The summed E-state index contributed by atoms with van der Waals surface area (Å²) in [5.74, 6) is -2.05. The Kier molecular flexibility index (Phi) is 4.11. The molecule has 1 N–H and O–H groups in total. The van der Waals surface area contributed by atoms with E-state index in [0.29, 0.717) is 12.1 Å². The van der Waals surface area contributed by atoms with Gasteiger partial charge >= 0.3 is 0 Å². The van der Waals surface area contributed by atoms with Crippen molar-refractivity contribution in [3.05, 3.63) is 63.0 Å². The third kappa shape index (κ3) is 3.16. The van der Waals surface area contributed by atoms with Crippen molar-refractivity contribution in [2.45, 2.75) is 6.54 Å². The number of anilines is 1. The van der Waals surface area contributed by atoms with Crippen LogP contribution in [0.1, 0.15) is 5.56 Å². The topological polar surface area (TPSA) is 12.0 Å². The number of halogens is 4. The zero-order valence-corrected chi connectivity index (χ0v) is 11.3. The molecule has 0 saturated heterocycles. The van der Waals surface area contributed by atoms with Crippen LogP contribution in [0.5, 0.6) is 0 Å². The molecule has 0 aromatic heterocycles. The van der Waals surface area contributed by atoms with Gasteiger partial charge in [-0.05, 0) is 58.5 Å². The summed E-state index contributed by atoms with van der Waals surface area (Å²) in [6.45, 7) is 0.346. The molecular weight excluding hydrogens is 354 g/mol. The quantitative estimate of drug-likeness (QED) is 0.801. The fraction of sp³-hybridized carbons (Fsp3) is 0.0769. The fourth-order valence-corrected chi connectivity index (χ4v) is 2.15. The Labute approximate surface area is 116 Å². The zero-order chi connectivity index (χ0) is 13.1. The van der Waals surface area contributed by atoms with Crippen molar-refractivity contribution in [2.75, 3.05) is 5.32 Å². The summed E-state index contributed by atoms with van der Waals surface area (Å²) in [6.07, 6.45) is 0. The maximum Gasteiger partial charge on any atom is 0.159 e. The van der Waals surface area contributed by atoms with Gasteiger partial charge in [0.15, 0.2) is 11.6 Å². The summed E-state index contributed by atoms with van der Waals surface area (Å²) in [6, 6.07) is 8.07. The Hall–Kier alpha value is -1.24. The molecule has 0 spiro atoms. The molecule has 0 saturated carbocycles. The molecule has 0 aliphatic rings. The average molecular weight is 363 g/mol. The van der Waals surface area contributed by atoms with Gasteiger partial charge in [0, 0.05) is 15.8 Å². The minimum atomic E-state index is -0.872. The first-order valence-corrected chi connectivity index (χ1v) is 6.27. The second kappa shape index (κ2) is 5.60. The number of benzene rings is 2. The van der Waals surface area contributed by atoms with Crippen molar-refractivity contribution in [3.8, 4) is 0 Å². The summed E-state index contributed by atoms with van der Waals surface area (Å²) in [5, 5.41) is 3.04. The highest BCUT2D eigenvalue weighted by atomic mass is 127. The summed E-state index contributed by atoms with van der Waals surface area (Å²) < 4.78 is 39.3. The fourth-order valence-electron chi connectivity index (χ4n) is 1.48. The average Bonchev–Trinajstić information content (AvgIpc) is 2.32. The second-order valence-electron chi connectivity index (χ2n) is 3.73. The first-order chi connectivity index (χ1) is 8.56. The Morgan fingerprint density at radius 2 is 1.72 bits per heavy atom. The van der Waals surface area contributed by atoms with Crippen LogP contribution >= 0.6 is 22.6 Å². The molecule has 2 aromatic rings. The third-order valence-electron chi connectivity index (χ3n) is 2.40. The van der Waals surface area contributed by atoms with Gasteiger partial charge in [0.05, 0.1) is 0 Å². The van der Waals surface area contributed by atoms with E-state index in [9.17, 15) is 13.2 Å². The van der Waals surface area contributed by atoms with Gasteiger partial charge in [-0.3, -0.25) is 0 Å². The highest BCUT2D eigenvalue weighted by molar-refractivity contribution is 14.1. The van der Waals surface area contributed by atoms with Crippen molar-refractivity contribution < 1.29 is 13.2 Å². The minimum Gasteiger partial charge on any atom is -0.380 e. The van der Waals surface area contributed by atoms with E-state index in [2.05, 4.69) is 5.32 Å². The lowest BCUT2D eigenvalue weighted by Crippen LogP contribution is -2.02. The van der Waals surface area contributed by atoms with Crippen molar-refractivity contribution in [1.29, 1.82) is 0 Å². The molecule has 0 unspecified atom stereocenters. The van der Waals surface area contributed by atoms with E-state index in [-0.39, 0.29) is 5.82 Å². The highest BCUT2D eigenvalue weighted by Crippen LogP contribution is 2.20. The van der Waals surface area contributed by atoms with Gasteiger partial charge in [0.2, 0.25) is 0 Å². The van der Waals surface area contributed by atoms with Crippen LogP contribution in [0.25, 0.3) is 0 Å². The summed E-state index contributed by atoms with van der Waals surface area (Å²) in [5.41, 5.74) is 1.37. The molecule has 94 valence electrons. The molecule has 2 aromatic carbocycles. The molecule has 0 bridgehead atoms. The standard InChI is InChI=1S/C13H9F3IN/c14-9-2-4-13(12(17)6-9)18-7-8-1-3-10(15)11(16)5-8/h1-6,18H,7H2. The molecule has 0 heterocycles. The van der Waals surface area contributed by atoms with Crippen molar-refractivity contribution in [1.82, 2.24) is 0 Å². The Balaban J connectivity index is 2.09. The predicted octanol–water partition coefficient (Wildman–Crippen LogP) is 4.32. The number of hydrogen-bond acceptors (Lipinski definition) is 1. The van der Waals surface area contributed by atoms with E-state index < -0.39 is 11.6 Å². The molecule has 0 radical (unpaired) electrons. The largest absolute Gasteiger partial charge is 0.380 e. The molecule has 0 aliphatic heterocycles. The van der Waals surface area contributed by atoms with Gasteiger partial charge in [0.1, 0.15) is 5.82 Å². The highest BCUT2D eigenvalue weighted by Gasteiger charge is 2.04. The van der Waals surface area contributed by atoms with Crippen LogP contribution in [0.2, 0.25) is 0 Å². The van der Waals surface area contributed by atoms with Crippen molar-refractivity contribution in [2.24, 2.45) is 0 Å². The molecular formula is C13H9F3IN. The van der Waals surface area contributed by atoms with Crippen LogP contribution in [-0.4, -0.2) is 0 Å². The van der Waals surface area contributed by atoms with Crippen molar-refractivity contribution >= 4 is 28.3 Å². The first kappa shape index (κ1) is 13.2. The van der Waals surface area contributed by atoms with Crippen LogP contribution in [0.3, 0.4) is 0 Å². The molecule has 1 nitrogen and oxygen atoms in total. The smallest absolute Gasteiger partial charge is 0.159 e. The predicted molar refractivity (Wildman–Crippen MR) is 72.8 cm³/mol. The van der Waals surface area contributed by atoms with Gasteiger partial charge in [-0.2, -0.15) is 0 Å². The number of nitrogens with one attached hydrogen (secondary N) is 1. The molecule has 18 heavy (non-hydrogen) atoms. The van der Waals surface area contributed by atoms with Crippen molar-refractivity contribution in [3.63, 3.8) is 0 Å². The summed E-state index contributed by atoms with van der Waals surface area (Å²) >= 11 is 2.00. The van der Waals surface area contributed by atoms with Gasteiger partial charge in [0.25, 0.3) is 0 Å². The summed E-state index contributed by atoms with van der Waals surface area (Å²) in [7, 11) is 0. The molecule has 0 aliphatic carbocycles. The lowest BCUT2D eigenvalue weighted by molar-refractivity contribution is 0.507. The zero-order valence-electron chi connectivity index (χ0n) is 9.18. The maximum atomic E-state index is 13.0. The lowest BCUT2D eigenvalue weighted by atomic mass is 10.2. The van der Waals surface area contributed by atoms with Crippen LogP contribution in [0, 0.1) is 21.0 Å². The Morgan fingerprint density at radius 1 is 0.944 bits per heavy atom. The van der Waals surface area contributed by atoms with E-state index in [1.165, 1.54) is 18.2 Å². The number of hydrogen-bond donors (Lipinski definition) is 1. The van der Waals surface area contributed by atoms with E-state index in [4.69, 9.17) is 0 Å². The van der Waals surface area contributed by atoms with Gasteiger partial charge in [-0.15, -0.1) is 0 Å². The molecule has 0 amide bonds. The summed E-state index contributed by atoms with van der Waals surface area (Å²) in [4.78, 5) is 0. The first-order valence-electron chi connectivity index (χ1n) is 5.19. The second-order valence-corrected chi connectivity index (χ2v) is 4.89. The van der Waals surface area contributed by atoms with E-state index in [1.54, 1.807) is 6.07 Å². The van der Waals surface area contributed by atoms with E-state index in [1.807, 2.05) is 22.6 Å². The monoisotopic (exact) mass is 363 g/mol. The minimum absolute atomic E-state index is 0.308. The molecule has 0 fully saturated rings. The molecule has 5 heteroatoms. The van der Waals surface area contributed by atoms with Crippen LogP contribution in [0.15, 0.2) is 36.4 Å². The molecule has 0 atom stereocenters. The third-order valence-corrected chi connectivity index (χ3v) is 3.29. The maximum absolute atomic E-state index is 13.0. The molecule has 2 rings (SSSR count).